The number of nitrogens with two attached hydrogens (primary N) is 1. The number of methoxy groups -OCH3 is 1. The van der Waals surface area contributed by atoms with Gasteiger partial charge in [0.1, 0.15) is 11.6 Å². The number of anilines is 1. The quantitative estimate of drug-likeness (QED) is 0.689. The Morgan fingerprint density at radius 1 is 1.05 bits per heavy atom. The highest BCUT2D eigenvalue weighted by atomic mass is 19.1. The minimum Gasteiger partial charge on any atom is -0.496 e. The first-order chi connectivity index (χ1) is 9.42. The van der Waals surface area contributed by atoms with Crippen molar-refractivity contribution >= 4 is 11.5 Å². The van der Waals surface area contributed by atoms with Crippen molar-refractivity contribution in [1.29, 1.82) is 0 Å². The molecular weight excluding hydrogens is 257 g/mol. The van der Waals surface area contributed by atoms with Crippen LogP contribution in [0.1, 0.15) is 27.0 Å². The standard InChI is InChI=1S/C16H16FNO2/c1-9-4-11(5-10(2)16(9)20-3)15(19)12-6-13(17)8-14(18)7-12/h4-8H,18H2,1-3H3. The molecule has 0 aromatic heterocycles. The van der Waals surface area contributed by atoms with Gasteiger partial charge in [-0.1, -0.05) is 0 Å². The van der Waals surface area contributed by atoms with Crippen LogP contribution in [-0.2, 0) is 0 Å². The maximum Gasteiger partial charge on any atom is 0.193 e. The summed E-state index contributed by atoms with van der Waals surface area (Å²) in [6, 6.07) is 7.31. The molecule has 20 heavy (non-hydrogen) atoms. The van der Waals surface area contributed by atoms with E-state index >= 15 is 0 Å². The summed E-state index contributed by atoms with van der Waals surface area (Å²) in [6.45, 7) is 3.73. The molecule has 3 nitrogen and oxygen atoms in total. The van der Waals surface area contributed by atoms with E-state index in [-0.39, 0.29) is 17.0 Å². The monoisotopic (exact) mass is 273 g/mol. The third-order valence-electron chi connectivity index (χ3n) is 3.11. The van der Waals surface area contributed by atoms with Crippen LogP contribution in [0.15, 0.2) is 30.3 Å². The highest BCUT2D eigenvalue weighted by Gasteiger charge is 2.14. The minimum absolute atomic E-state index is 0.232. The number of nitrogen functional groups attached to an aromatic ring is 1. The first-order valence-corrected chi connectivity index (χ1v) is 6.18. The van der Waals surface area contributed by atoms with Crippen LogP contribution in [0.4, 0.5) is 10.1 Å². The third kappa shape index (κ3) is 2.64. The Kier molecular flexibility index (Phi) is 3.74. The molecule has 2 aromatic carbocycles. The molecule has 0 saturated carbocycles. The number of hydrogen-bond acceptors (Lipinski definition) is 3. The Hall–Kier alpha value is -2.36. The maximum atomic E-state index is 13.3. The summed E-state index contributed by atoms with van der Waals surface area (Å²) >= 11 is 0. The van der Waals surface area contributed by atoms with Gasteiger partial charge in [0, 0.05) is 16.8 Å². The summed E-state index contributed by atoms with van der Waals surface area (Å²) in [5.41, 5.74) is 8.26. The van der Waals surface area contributed by atoms with E-state index < -0.39 is 5.82 Å². The summed E-state index contributed by atoms with van der Waals surface area (Å²) in [6.07, 6.45) is 0. The molecule has 104 valence electrons. The average molecular weight is 273 g/mol. The van der Waals surface area contributed by atoms with E-state index in [1.54, 1.807) is 19.2 Å². The van der Waals surface area contributed by atoms with E-state index in [4.69, 9.17) is 10.5 Å². The molecule has 2 N–H and O–H groups in total. The lowest BCUT2D eigenvalue weighted by Crippen LogP contribution is -2.05. The van der Waals surface area contributed by atoms with Gasteiger partial charge in [0.05, 0.1) is 7.11 Å². The van der Waals surface area contributed by atoms with Crippen LogP contribution in [-0.4, -0.2) is 12.9 Å². The molecule has 2 rings (SSSR count). The lowest BCUT2D eigenvalue weighted by Gasteiger charge is -2.11. The fourth-order valence-corrected chi connectivity index (χ4v) is 2.31. The van der Waals surface area contributed by atoms with E-state index in [1.165, 1.54) is 18.2 Å². The number of carbonyl (C=O) groups is 1. The van der Waals surface area contributed by atoms with Crippen molar-refractivity contribution in [2.45, 2.75) is 13.8 Å². The summed E-state index contributed by atoms with van der Waals surface area (Å²) < 4.78 is 18.6. The van der Waals surface area contributed by atoms with E-state index in [0.29, 0.717) is 5.56 Å². The molecule has 0 spiro atoms. The van der Waals surface area contributed by atoms with Gasteiger partial charge in [-0.25, -0.2) is 4.39 Å². The van der Waals surface area contributed by atoms with Gasteiger partial charge < -0.3 is 10.5 Å². The second-order valence-corrected chi connectivity index (χ2v) is 4.75. The van der Waals surface area contributed by atoms with E-state index in [0.717, 1.165) is 16.9 Å². The van der Waals surface area contributed by atoms with E-state index in [2.05, 4.69) is 0 Å². The molecule has 0 bridgehead atoms. The zero-order valence-electron chi connectivity index (χ0n) is 11.7. The molecule has 0 unspecified atom stereocenters. The number of rotatable bonds is 3. The van der Waals surface area contributed by atoms with Crippen molar-refractivity contribution in [2.75, 3.05) is 12.8 Å². The zero-order chi connectivity index (χ0) is 14.9. The molecule has 0 aliphatic rings. The molecule has 0 amide bonds. The van der Waals surface area contributed by atoms with Crippen molar-refractivity contribution in [3.05, 3.63) is 58.4 Å². The third-order valence-corrected chi connectivity index (χ3v) is 3.11. The van der Waals surface area contributed by atoms with Gasteiger partial charge in [0.2, 0.25) is 0 Å². The van der Waals surface area contributed by atoms with Crippen molar-refractivity contribution in [3.8, 4) is 5.75 Å². The fourth-order valence-electron chi connectivity index (χ4n) is 2.31. The molecule has 0 aliphatic carbocycles. The van der Waals surface area contributed by atoms with E-state index in [1.807, 2.05) is 13.8 Å². The minimum atomic E-state index is -0.518. The van der Waals surface area contributed by atoms with Crippen LogP contribution in [0, 0.1) is 19.7 Å². The Morgan fingerprint density at radius 3 is 2.10 bits per heavy atom. The van der Waals surface area contributed by atoms with Gasteiger partial charge in [0.25, 0.3) is 0 Å². The number of aryl methyl sites for hydroxylation is 2. The van der Waals surface area contributed by atoms with Crippen LogP contribution in [0.3, 0.4) is 0 Å². The first kappa shape index (κ1) is 14.1. The Labute approximate surface area is 117 Å². The second kappa shape index (κ2) is 5.33. The normalized spacial score (nSPS) is 10.4. The highest BCUT2D eigenvalue weighted by Crippen LogP contribution is 2.26. The number of halogens is 1. The summed E-state index contributed by atoms with van der Waals surface area (Å²) in [5, 5.41) is 0. The van der Waals surface area contributed by atoms with Crippen molar-refractivity contribution in [3.63, 3.8) is 0 Å². The zero-order valence-corrected chi connectivity index (χ0v) is 11.7. The molecule has 0 aliphatic heterocycles. The highest BCUT2D eigenvalue weighted by molar-refractivity contribution is 6.09. The van der Waals surface area contributed by atoms with Crippen LogP contribution >= 0.6 is 0 Å². The van der Waals surface area contributed by atoms with E-state index in [9.17, 15) is 9.18 Å². The van der Waals surface area contributed by atoms with Crippen molar-refractivity contribution in [1.82, 2.24) is 0 Å². The average Bonchev–Trinajstić information content (AvgIpc) is 2.36. The second-order valence-electron chi connectivity index (χ2n) is 4.75. The van der Waals surface area contributed by atoms with Gasteiger partial charge in [-0.05, 0) is 55.3 Å². The molecular formula is C16H16FNO2. The summed E-state index contributed by atoms with van der Waals surface area (Å²) in [4.78, 5) is 12.4. The predicted molar refractivity (Wildman–Crippen MR) is 76.7 cm³/mol. The molecule has 0 heterocycles. The van der Waals surface area contributed by atoms with Crippen LogP contribution in [0.25, 0.3) is 0 Å². The Balaban J connectivity index is 2.48. The van der Waals surface area contributed by atoms with Crippen LogP contribution in [0.5, 0.6) is 5.75 Å². The maximum absolute atomic E-state index is 13.3. The lowest BCUT2D eigenvalue weighted by molar-refractivity contribution is 0.103. The smallest absolute Gasteiger partial charge is 0.193 e. The molecule has 0 saturated heterocycles. The Bertz CT molecular complexity index is 637. The molecule has 2 aromatic rings. The molecule has 0 radical (unpaired) electrons. The molecule has 0 atom stereocenters. The fraction of sp³-hybridized carbons (Fsp3) is 0.188. The summed E-state index contributed by atoms with van der Waals surface area (Å²) in [7, 11) is 1.59. The number of hydrogen-bond donors (Lipinski definition) is 1. The van der Waals surface area contributed by atoms with Gasteiger partial charge in [0.15, 0.2) is 5.78 Å². The van der Waals surface area contributed by atoms with Gasteiger partial charge in [-0.15, -0.1) is 0 Å². The van der Waals surface area contributed by atoms with Crippen LogP contribution in [0.2, 0.25) is 0 Å². The van der Waals surface area contributed by atoms with Gasteiger partial charge >= 0.3 is 0 Å². The number of benzene rings is 2. The first-order valence-electron chi connectivity index (χ1n) is 6.18. The van der Waals surface area contributed by atoms with Crippen molar-refractivity contribution in [2.24, 2.45) is 0 Å². The summed E-state index contributed by atoms with van der Waals surface area (Å²) in [5.74, 6) is -0.0272. The predicted octanol–water partition coefficient (Wildman–Crippen LogP) is 3.26. The Morgan fingerprint density at radius 2 is 1.60 bits per heavy atom. The number of ether oxygens (including phenoxy) is 1. The van der Waals surface area contributed by atoms with Crippen LogP contribution < -0.4 is 10.5 Å². The number of carbonyl (C=O) groups excluding carboxylic acids is 1. The SMILES string of the molecule is COc1c(C)cc(C(=O)c2cc(N)cc(F)c2)cc1C. The van der Waals surface area contributed by atoms with Gasteiger partial charge in [-0.2, -0.15) is 0 Å². The topological polar surface area (TPSA) is 52.3 Å². The largest absolute Gasteiger partial charge is 0.496 e. The lowest BCUT2D eigenvalue weighted by atomic mass is 9.98. The van der Waals surface area contributed by atoms with Gasteiger partial charge in [-0.3, -0.25) is 4.79 Å². The van der Waals surface area contributed by atoms with Crippen molar-refractivity contribution < 1.29 is 13.9 Å². The number of ketones is 1. The molecule has 4 heteroatoms. The molecule has 0 fully saturated rings.